The second-order valence-electron chi connectivity index (χ2n) is 4.89. The third kappa shape index (κ3) is 3.37. The topological polar surface area (TPSA) is 93.0 Å². The standard InChI is InChI=1S/C16H20N4O4/c1-4-19(5-2)15-12(18-14(22)16(23)24-6-3)13(21)17-11-9-7-8-10-20(11)15/h7-10H,4-6H2,1-3H3,(H,18,22). The van der Waals surface area contributed by atoms with E-state index in [1.807, 2.05) is 18.7 Å². The fraction of sp³-hybridized carbons (Fsp3) is 0.375. The maximum Gasteiger partial charge on any atom is 0.397 e. The SMILES string of the molecule is CCOC(=O)C(=O)Nc1c(N(CC)CC)n2ccccc2nc1=O. The number of nitrogens with one attached hydrogen (secondary N) is 1. The van der Waals surface area contributed by atoms with Gasteiger partial charge in [0.25, 0.3) is 5.56 Å². The Kier molecular flexibility index (Phi) is 5.51. The Hall–Kier alpha value is -2.90. The number of carbonyl (C=O) groups is 2. The summed E-state index contributed by atoms with van der Waals surface area (Å²) in [6, 6.07) is 5.26. The molecule has 0 aliphatic heterocycles. The number of amides is 1. The minimum absolute atomic E-state index is 0.0412. The molecular formula is C16H20N4O4. The van der Waals surface area contributed by atoms with E-state index in [0.29, 0.717) is 24.6 Å². The lowest BCUT2D eigenvalue weighted by atomic mass is 10.3. The molecule has 128 valence electrons. The van der Waals surface area contributed by atoms with Crippen LogP contribution in [0.15, 0.2) is 29.2 Å². The van der Waals surface area contributed by atoms with Crippen molar-refractivity contribution in [2.45, 2.75) is 20.8 Å². The number of nitrogens with zero attached hydrogens (tertiary/aromatic N) is 3. The molecule has 8 nitrogen and oxygen atoms in total. The Morgan fingerprint density at radius 1 is 1.25 bits per heavy atom. The molecule has 0 unspecified atom stereocenters. The zero-order valence-electron chi connectivity index (χ0n) is 13.9. The first-order chi connectivity index (χ1) is 11.5. The summed E-state index contributed by atoms with van der Waals surface area (Å²) in [4.78, 5) is 41.8. The van der Waals surface area contributed by atoms with Crippen molar-refractivity contribution < 1.29 is 14.3 Å². The summed E-state index contributed by atoms with van der Waals surface area (Å²) >= 11 is 0. The first kappa shape index (κ1) is 17.5. The van der Waals surface area contributed by atoms with E-state index in [1.165, 1.54) is 0 Å². The molecule has 2 heterocycles. The van der Waals surface area contributed by atoms with E-state index in [0.717, 1.165) is 0 Å². The largest absolute Gasteiger partial charge is 0.459 e. The summed E-state index contributed by atoms with van der Waals surface area (Å²) < 4.78 is 6.37. The molecule has 0 aliphatic carbocycles. The van der Waals surface area contributed by atoms with Gasteiger partial charge in [0, 0.05) is 19.3 Å². The van der Waals surface area contributed by atoms with Gasteiger partial charge in [0.1, 0.15) is 11.5 Å². The fourth-order valence-electron chi connectivity index (χ4n) is 2.38. The smallest absolute Gasteiger partial charge is 0.397 e. The number of rotatable bonds is 5. The minimum atomic E-state index is -1.04. The van der Waals surface area contributed by atoms with Gasteiger partial charge < -0.3 is 15.0 Å². The molecule has 0 aromatic carbocycles. The highest BCUT2D eigenvalue weighted by Crippen LogP contribution is 2.23. The first-order valence-corrected chi connectivity index (χ1v) is 7.77. The molecule has 1 N–H and O–H groups in total. The van der Waals surface area contributed by atoms with Gasteiger partial charge in [-0.2, -0.15) is 4.98 Å². The number of hydrogen-bond donors (Lipinski definition) is 1. The van der Waals surface area contributed by atoms with Crippen molar-refractivity contribution >= 4 is 29.0 Å². The van der Waals surface area contributed by atoms with Crippen LogP contribution in [0.25, 0.3) is 5.65 Å². The number of anilines is 2. The number of pyridine rings is 1. The number of esters is 1. The van der Waals surface area contributed by atoms with Gasteiger partial charge in [0.05, 0.1) is 6.61 Å². The molecule has 2 aromatic heterocycles. The molecule has 0 saturated heterocycles. The van der Waals surface area contributed by atoms with Gasteiger partial charge >= 0.3 is 11.9 Å². The van der Waals surface area contributed by atoms with E-state index in [1.54, 1.807) is 35.7 Å². The quantitative estimate of drug-likeness (QED) is 0.650. The number of ether oxygens (including phenoxy) is 1. The van der Waals surface area contributed by atoms with Crippen LogP contribution in [-0.4, -0.2) is 41.0 Å². The summed E-state index contributed by atoms with van der Waals surface area (Å²) in [5, 5.41) is 2.35. The lowest BCUT2D eigenvalue weighted by Gasteiger charge is -2.25. The Morgan fingerprint density at radius 3 is 2.58 bits per heavy atom. The number of hydrogen-bond acceptors (Lipinski definition) is 6. The van der Waals surface area contributed by atoms with Crippen LogP contribution in [-0.2, 0) is 14.3 Å². The molecule has 2 aromatic rings. The number of aromatic nitrogens is 2. The van der Waals surface area contributed by atoms with Crippen LogP contribution in [0.3, 0.4) is 0 Å². The number of fused-ring (bicyclic) bond motifs is 1. The molecule has 24 heavy (non-hydrogen) atoms. The predicted octanol–water partition coefficient (Wildman–Crippen LogP) is 1.04. The molecule has 0 aliphatic rings. The van der Waals surface area contributed by atoms with Crippen molar-refractivity contribution in [3.05, 3.63) is 34.7 Å². The van der Waals surface area contributed by atoms with E-state index < -0.39 is 17.4 Å². The summed E-state index contributed by atoms with van der Waals surface area (Å²) in [6.45, 7) is 6.75. The van der Waals surface area contributed by atoms with E-state index >= 15 is 0 Å². The highest BCUT2D eigenvalue weighted by Gasteiger charge is 2.23. The summed E-state index contributed by atoms with van der Waals surface area (Å²) in [7, 11) is 0. The van der Waals surface area contributed by atoms with Crippen LogP contribution in [0.5, 0.6) is 0 Å². The summed E-state index contributed by atoms with van der Waals surface area (Å²) in [5.41, 5.74) is -0.195. The van der Waals surface area contributed by atoms with E-state index in [4.69, 9.17) is 0 Å². The van der Waals surface area contributed by atoms with Crippen LogP contribution in [0.1, 0.15) is 20.8 Å². The lowest BCUT2D eigenvalue weighted by molar-refractivity contribution is -0.152. The molecule has 0 spiro atoms. The van der Waals surface area contributed by atoms with Crippen molar-refractivity contribution in [1.82, 2.24) is 9.38 Å². The third-order valence-electron chi connectivity index (χ3n) is 3.48. The molecule has 1 amide bonds. The average molecular weight is 332 g/mol. The van der Waals surface area contributed by atoms with Gasteiger partial charge in [-0.3, -0.25) is 14.0 Å². The Bertz CT molecular complexity index is 811. The molecular weight excluding hydrogens is 312 g/mol. The molecule has 2 rings (SSSR count). The number of carbonyl (C=O) groups excluding carboxylic acids is 2. The van der Waals surface area contributed by atoms with E-state index in [-0.39, 0.29) is 12.3 Å². The molecule has 0 saturated carbocycles. The molecule has 0 bridgehead atoms. The van der Waals surface area contributed by atoms with Gasteiger partial charge in [0.15, 0.2) is 5.69 Å². The molecule has 0 radical (unpaired) electrons. The predicted molar refractivity (Wildman–Crippen MR) is 90.3 cm³/mol. The molecule has 0 fully saturated rings. The normalized spacial score (nSPS) is 10.5. The highest BCUT2D eigenvalue weighted by molar-refractivity contribution is 6.37. The van der Waals surface area contributed by atoms with Gasteiger partial charge in [-0.25, -0.2) is 4.79 Å². The van der Waals surface area contributed by atoms with E-state index in [9.17, 15) is 14.4 Å². The maximum absolute atomic E-state index is 12.4. The second kappa shape index (κ2) is 7.58. The lowest BCUT2D eigenvalue weighted by Crippen LogP contribution is -2.33. The van der Waals surface area contributed by atoms with Crippen LogP contribution < -0.4 is 15.8 Å². The van der Waals surface area contributed by atoms with Crippen molar-refractivity contribution in [2.75, 3.05) is 29.9 Å². The van der Waals surface area contributed by atoms with Crippen molar-refractivity contribution in [1.29, 1.82) is 0 Å². The zero-order chi connectivity index (χ0) is 17.7. The summed E-state index contributed by atoms with van der Waals surface area (Å²) in [5.74, 6) is -1.56. The van der Waals surface area contributed by atoms with Gasteiger partial charge in [0.2, 0.25) is 0 Å². The Labute approximate surface area is 139 Å². The van der Waals surface area contributed by atoms with Gasteiger partial charge in [-0.15, -0.1) is 0 Å². The summed E-state index contributed by atoms with van der Waals surface area (Å²) in [6.07, 6.45) is 1.75. The fourth-order valence-corrected chi connectivity index (χ4v) is 2.38. The van der Waals surface area contributed by atoms with Crippen LogP contribution in [0.2, 0.25) is 0 Å². The van der Waals surface area contributed by atoms with Crippen LogP contribution in [0, 0.1) is 0 Å². The highest BCUT2D eigenvalue weighted by atomic mass is 16.5. The van der Waals surface area contributed by atoms with Crippen molar-refractivity contribution in [3.63, 3.8) is 0 Å². The first-order valence-electron chi connectivity index (χ1n) is 7.77. The third-order valence-corrected chi connectivity index (χ3v) is 3.48. The molecule has 0 atom stereocenters. The van der Waals surface area contributed by atoms with Crippen LogP contribution >= 0.6 is 0 Å². The van der Waals surface area contributed by atoms with Gasteiger partial charge in [-0.05, 0) is 32.9 Å². The second-order valence-corrected chi connectivity index (χ2v) is 4.89. The van der Waals surface area contributed by atoms with Crippen molar-refractivity contribution in [2.24, 2.45) is 0 Å². The van der Waals surface area contributed by atoms with Gasteiger partial charge in [-0.1, -0.05) is 6.07 Å². The minimum Gasteiger partial charge on any atom is -0.459 e. The molecule has 8 heteroatoms. The Morgan fingerprint density at radius 2 is 1.96 bits per heavy atom. The van der Waals surface area contributed by atoms with Crippen molar-refractivity contribution in [3.8, 4) is 0 Å². The van der Waals surface area contributed by atoms with E-state index in [2.05, 4.69) is 15.0 Å². The maximum atomic E-state index is 12.4. The average Bonchev–Trinajstić information content (AvgIpc) is 2.58. The van der Waals surface area contributed by atoms with Crippen LogP contribution in [0.4, 0.5) is 11.5 Å². The monoisotopic (exact) mass is 332 g/mol. The zero-order valence-corrected chi connectivity index (χ0v) is 13.9. The Balaban J connectivity index is 2.61.